The summed E-state index contributed by atoms with van der Waals surface area (Å²) in [4.78, 5) is 16.1. The van der Waals surface area contributed by atoms with E-state index in [0.29, 0.717) is 10.1 Å². The van der Waals surface area contributed by atoms with Gasteiger partial charge in [-0.15, -0.1) is 0 Å². The average Bonchev–Trinajstić information content (AvgIpc) is 2.40. The molecule has 2 aromatic rings. The lowest BCUT2D eigenvalue weighted by molar-refractivity contribution is 0.408. The van der Waals surface area contributed by atoms with Crippen LogP contribution in [0.3, 0.4) is 0 Å². The second kappa shape index (κ2) is 5.92. The van der Waals surface area contributed by atoms with Crippen LogP contribution < -0.4 is 10.3 Å². The zero-order valence-electron chi connectivity index (χ0n) is 10.5. The van der Waals surface area contributed by atoms with Crippen LogP contribution in [0.5, 0.6) is 5.75 Å². The van der Waals surface area contributed by atoms with Gasteiger partial charge in [-0.25, -0.2) is 4.98 Å². The molecule has 0 aliphatic carbocycles. The lowest BCUT2D eigenvalue weighted by atomic mass is 10.1. The third-order valence-electron chi connectivity index (χ3n) is 2.72. The molecule has 1 aromatic heterocycles. The van der Waals surface area contributed by atoms with Crippen LogP contribution in [-0.4, -0.2) is 16.7 Å². The van der Waals surface area contributed by atoms with Crippen molar-refractivity contribution in [3.05, 3.63) is 54.7 Å². The van der Waals surface area contributed by atoms with Crippen molar-refractivity contribution in [2.24, 2.45) is 0 Å². The van der Waals surface area contributed by atoms with Gasteiger partial charge in [-0.3, -0.25) is 9.36 Å². The molecule has 1 heterocycles. The molecule has 4 nitrogen and oxygen atoms in total. The number of nitrogens with zero attached hydrogens (tertiary/aromatic N) is 2. The van der Waals surface area contributed by atoms with Gasteiger partial charge in [0.05, 0.1) is 20.0 Å². The molecule has 0 aliphatic heterocycles. The molecule has 6 heteroatoms. The predicted molar refractivity (Wildman–Crippen MR) is 83.1 cm³/mol. The standard InChI is InChI=1S/C13H12ClIN2O2/c1-8-3-4-10(19-2)9(5-8)6-17-7-16-12(14)11(15)13(17)18/h3-5,7H,6H2,1-2H3. The Balaban J connectivity index is 2.44. The van der Waals surface area contributed by atoms with Crippen molar-refractivity contribution < 1.29 is 4.74 Å². The highest BCUT2D eigenvalue weighted by molar-refractivity contribution is 14.1. The highest BCUT2D eigenvalue weighted by Gasteiger charge is 2.09. The summed E-state index contributed by atoms with van der Waals surface area (Å²) in [6.45, 7) is 2.40. The summed E-state index contributed by atoms with van der Waals surface area (Å²) >= 11 is 7.72. The number of rotatable bonds is 3. The van der Waals surface area contributed by atoms with E-state index < -0.39 is 0 Å². The number of aryl methyl sites for hydroxylation is 1. The van der Waals surface area contributed by atoms with E-state index >= 15 is 0 Å². The van der Waals surface area contributed by atoms with Gasteiger partial charge < -0.3 is 4.74 Å². The summed E-state index contributed by atoms with van der Waals surface area (Å²) in [5.74, 6) is 0.752. The van der Waals surface area contributed by atoms with E-state index in [1.165, 1.54) is 10.9 Å². The van der Waals surface area contributed by atoms with Gasteiger partial charge >= 0.3 is 0 Å². The van der Waals surface area contributed by atoms with Crippen LogP contribution in [-0.2, 0) is 6.54 Å². The smallest absolute Gasteiger partial charge is 0.268 e. The number of hydrogen-bond donors (Lipinski definition) is 0. The van der Waals surface area contributed by atoms with E-state index in [1.807, 2.05) is 47.7 Å². The maximum absolute atomic E-state index is 12.1. The minimum Gasteiger partial charge on any atom is -0.496 e. The fraction of sp³-hybridized carbons (Fsp3) is 0.231. The second-order valence-corrected chi connectivity index (χ2v) is 5.53. The Bertz CT molecular complexity index is 670. The van der Waals surface area contributed by atoms with Gasteiger partial charge in [-0.1, -0.05) is 29.3 Å². The molecule has 100 valence electrons. The van der Waals surface area contributed by atoms with Crippen molar-refractivity contribution in [1.82, 2.24) is 9.55 Å². The fourth-order valence-electron chi connectivity index (χ4n) is 1.77. The first-order chi connectivity index (χ1) is 9.02. The maximum Gasteiger partial charge on any atom is 0.268 e. The first-order valence-electron chi connectivity index (χ1n) is 5.57. The van der Waals surface area contributed by atoms with Gasteiger partial charge in [0.1, 0.15) is 14.5 Å². The predicted octanol–water partition coefficient (Wildman–Crippen LogP) is 2.87. The summed E-state index contributed by atoms with van der Waals surface area (Å²) < 4.78 is 7.25. The Labute approximate surface area is 129 Å². The molecular weight excluding hydrogens is 379 g/mol. The monoisotopic (exact) mass is 390 g/mol. The molecular formula is C13H12ClIN2O2. The molecule has 0 N–H and O–H groups in total. The van der Waals surface area contributed by atoms with Gasteiger partial charge in [-0.05, 0) is 35.6 Å². The molecule has 0 bridgehead atoms. The largest absolute Gasteiger partial charge is 0.496 e. The van der Waals surface area contributed by atoms with Gasteiger partial charge in [0.15, 0.2) is 0 Å². The molecule has 0 fully saturated rings. The summed E-state index contributed by atoms with van der Waals surface area (Å²) in [6, 6.07) is 5.85. The summed E-state index contributed by atoms with van der Waals surface area (Å²) in [5, 5.41) is 0.234. The number of benzene rings is 1. The maximum atomic E-state index is 12.1. The Morgan fingerprint density at radius 1 is 1.47 bits per heavy atom. The third-order valence-corrected chi connectivity index (χ3v) is 4.29. The molecule has 0 amide bonds. The number of halogens is 2. The lowest BCUT2D eigenvalue weighted by Crippen LogP contribution is -2.24. The Morgan fingerprint density at radius 3 is 2.89 bits per heavy atom. The normalized spacial score (nSPS) is 10.5. The van der Waals surface area contributed by atoms with Crippen LogP contribution in [0, 0.1) is 10.5 Å². The van der Waals surface area contributed by atoms with Crippen LogP contribution >= 0.6 is 34.2 Å². The highest BCUT2D eigenvalue weighted by Crippen LogP contribution is 2.20. The van der Waals surface area contributed by atoms with E-state index in [2.05, 4.69) is 4.98 Å². The van der Waals surface area contributed by atoms with E-state index in [1.54, 1.807) is 7.11 Å². The molecule has 2 rings (SSSR count). The number of methoxy groups -OCH3 is 1. The Kier molecular flexibility index (Phi) is 4.46. The van der Waals surface area contributed by atoms with Crippen LogP contribution in [0.15, 0.2) is 29.3 Å². The fourth-order valence-corrected chi connectivity index (χ4v) is 2.34. The Morgan fingerprint density at radius 2 is 2.21 bits per heavy atom. The summed E-state index contributed by atoms with van der Waals surface area (Å²) in [7, 11) is 1.61. The van der Waals surface area contributed by atoms with E-state index in [4.69, 9.17) is 16.3 Å². The van der Waals surface area contributed by atoms with E-state index in [-0.39, 0.29) is 10.7 Å². The third kappa shape index (κ3) is 3.09. The zero-order valence-corrected chi connectivity index (χ0v) is 13.4. The molecule has 0 aliphatic rings. The highest BCUT2D eigenvalue weighted by atomic mass is 127. The molecule has 0 spiro atoms. The topological polar surface area (TPSA) is 44.1 Å². The van der Waals surface area contributed by atoms with E-state index in [9.17, 15) is 4.79 Å². The van der Waals surface area contributed by atoms with Gasteiger partial charge in [0.2, 0.25) is 0 Å². The van der Waals surface area contributed by atoms with Gasteiger partial charge in [0, 0.05) is 5.56 Å². The number of hydrogen-bond acceptors (Lipinski definition) is 3. The van der Waals surface area contributed by atoms with Crippen molar-refractivity contribution in [1.29, 1.82) is 0 Å². The van der Waals surface area contributed by atoms with E-state index in [0.717, 1.165) is 16.9 Å². The van der Waals surface area contributed by atoms with Crippen molar-refractivity contribution in [3.8, 4) is 5.75 Å². The van der Waals surface area contributed by atoms with Crippen LogP contribution in [0.25, 0.3) is 0 Å². The van der Waals surface area contributed by atoms with Crippen LogP contribution in [0.2, 0.25) is 5.15 Å². The molecule has 19 heavy (non-hydrogen) atoms. The van der Waals surface area contributed by atoms with Crippen molar-refractivity contribution >= 4 is 34.2 Å². The summed E-state index contributed by atoms with van der Waals surface area (Å²) in [5.41, 5.74) is 1.90. The lowest BCUT2D eigenvalue weighted by Gasteiger charge is -2.11. The summed E-state index contributed by atoms with van der Waals surface area (Å²) in [6.07, 6.45) is 1.45. The molecule has 0 unspecified atom stereocenters. The zero-order chi connectivity index (χ0) is 14.0. The average molecular weight is 391 g/mol. The minimum absolute atomic E-state index is 0.149. The second-order valence-electron chi connectivity index (χ2n) is 4.10. The Hall–Kier alpha value is -1.08. The first kappa shape index (κ1) is 14.3. The van der Waals surface area contributed by atoms with Crippen molar-refractivity contribution in [2.45, 2.75) is 13.5 Å². The quantitative estimate of drug-likeness (QED) is 0.598. The van der Waals surface area contributed by atoms with Gasteiger partial charge in [0.25, 0.3) is 5.56 Å². The number of aromatic nitrogens is 2. The molecule has 0 atom stereocenters. The number of ether oxygens (including phenoxy) is 1. The molecule has 1 aromatic carbocycles. The molecule has 0 radical (unpaired) electrons. The van der Waals surface area contributed by atoms with Crippen molar-refractivity contribution in [3.63, 3.8) is 0 Å². The van der Waals surface area contributed by atoms with Crippen LogP contribution in [0.4, 0.5) is 0 Å². The van der Waals surface area contributed by atoms with Crippen LogP contribution in [0.1, 0.15) is 11.1 Å². The minimum atomic E-state index is -0.149. The van der Waals surface area contributed by atoms with Crippen molar-refractivity contribution in [2.75, 3.05) is 7.11 Å². The van der Waals surface area contributed by atoms with Gasteiger partial charge in [-0.2, -0.15) is 0 Å². The first-order valence-corrected chi connectivity index (χ1v) is 7.02. The molecule has 0 saturated carbocycles. The SMILES string of the molecule is COc1ccc(C)cc1Cn1cnc(Cl)c(I)c1=O. The molecule has 0 saturated heterocycles.